The van der Waals surface area contributed by atoms with E-state index in [-0.39, 0.29) is 46.3 Å². The van der Waals surface area contributed by atoms with Crippen LogP contribution in [0, 0.1) is 13.8 Å². The van der Waals surface area contributed by atoms with Gasteiger partial charge in [0.25, 0.3) is 0 Å². The fourth-order valence-corrected chi connectivity index (χ4v) is 5.38. The molecule has 32 heavy (non-hydrogen) atoms. The Kier molecular flexibility index (Phi) is 8.34. The van der Waals surface area contributed by atoms with E-state index < -0.39 is 5.97 Å². The monoisotopic (exact) mass is 455 g/mol. The summed E-state index contributed by atoms with van der Waals surface area (Å²) < 4.78 is 1.12. The second-order valence-electron chi connectivity index (χ2n) is 8.14. The van der Waals surface area contributed by atoms with Crippen molar-refractivity contribution >= 4 is 38.3 Å². The Hall–Kier alpha value is -1.92. The number of benzene rings is 2. The van der Waals surface area contributed by atoms with Crippen LogP contribution in [0.5, 0.6) is 5.75 Å². The van der Waals surface area contributed by atoms with Crippen molar-refractivity contribution in [3.05, 3.63) is 59.2 Å². The minimum absolute atomic E-state index is 0. The summed E-state index contributed by atoms with van der Waals surface area (Å²) in [5, 5.41) is 23.2. The van der Waals surface area contributed by atoms with Gasteiger partial charge in [0.15, 0.2) is 0 Å². The number of rotatable bonds is 2. The zero-order chi connectivity index (χ0) is 22.0. The molecule has 5 rings (SSSR count). The van der Waals surface area contributed by atoms with Crippen molar-refractivity contribution in [3.63, 3.8) is 0 Å². The standard InChI is InChI=1S/C20H15NO3S.C6H12.Na/c1-10-7-8-15(22)17-13(20(23)24)9-14(21-18(10)17)19-11(2)12-5-3-4-6-16(12)25-19;1-2-4-6-5-3-1;/h3-9,22H,1-2H3,(H,23,24);1-6H2;/q;;+1/p-1. The summed E-state index contributed by atoms with van der Waals surface area (Å²) in [6, 6.07) is 12.7. The third kappa shape index (κ3) is 5.01. The van der Waals surface area contributed by atoms with Gasteiger partial charge in [0, 0.05) is 10.3 Å². The molecule has 4 aromatic rings. The number of aromatic hydroxyl groups is 1. The summed E-state index contributed by atoms with van der Waals surface area (Å²) in [6.45, 7) is 3.85. The molecule has 2 aromatic carbocycles. The molecule has 160 valence electrons. The molecule has 1 fully saturated rings. The number of pyridine rings is 1. The predicted octanol–water partition coefficient (Wildman–Crippen LogP) is 3.15. The van der Waals surface area contributed by atoms with Gasteiger partial charge in [-0.25, -0.2) is 4.98 Å². The quantitative estimate of drug-likeness (QED) is 0.472. The maximum absolute atomic E-state index is 11.7. The molecule has 6 heteroatoms. The van der Waals surface area contributed by atoms with Crippen LogP contribution < -0.4 is 34.7 Å². The van der Waals surface area contributed by atoms with Gasteiger partial charge in [-0.1, -0.05) is 62.8 Å². The molecule has 1 aliphatic carbocycles. The molecule has 0 unspecified atom stereocenters. The molecule has 0 aliphatic heterocycles. The van der Waals surface area contributed by atoms with Crippen molar-refractivity contribution in [1.29, 1.82) is 0 Å². The smallest absolute Gasteiger partial charge is 0.545 e. The van der Waals surface area contributed by atoms with Crippen molar-refractivity contribution in [2.45, 2.75) is 52.4 Å². The Labute approximate surface area is 214 Å². The Morgan fingerprint density at radius 3 is 2.22 bits per heavy atom. The van der Waals surface area contributed by atoms with Crippen LogP contribution in [-0.4, -0.2) is 16.1 Å². The van der Waals surface area contributed by atoms with Gasteiger partial charge in [0.1, 0.15) is 5.75 Å². The van der Waals surface area contributed by atoms with Gasteiger partial charge < -0.3 is 15.0 Å². The number of fused-ring (bicyclic) bond motifs is 2. The Morgan fingerprint density at radius 2 is 1.62 bits per heavy atom. The summed E-state index contributed by atoms with van der Waals surface area (Å²) in [4.78, 5) is 17.3. The van der Waals surface area contributed by atoms with Crippen molar-refractivity contribution < 1.29 is 44.6 Å². The number of aromatic carboxylic acids is 1. The number of nitrogens with zero attached hydrogens (tertiary/aromatic N) is 1. The number of carboxylic acids is 1. The second kappa shape index (κ2) is 10.8. The number of carbonyl (C=O) groups excluding carboxylic acids is 1. The van der Waals surface area contributed by atoms with Crippen LogP contribution in [0.3, 0.4) is 0 Å². The average molecular weight is 456 g/mol. The minimum Gasteiger partial charge on any atom is -0.545 e. The van der Waals surface area contributed by atoms with Crippen LogP contribution in [-0.2, 0) is 0 Å². The number of thiophene rings is 1. The first-order chi connectivity index (χ1) is 15.0. The number of phenols is 1. The molecule has 2 heterocycles. The van der Waals surface area contributed by atoms with Crippen LogP contribution in [0.1, 0.15) is 60.0 Å². The maximum atomic E-state index is 11.7. The first kappa shape index (κ1) is 24.7. The van der Waals surface area contributed by atoms with Gasteiger partial charge >= 0.3 is 29.6 Å². The van der Waals surface area contributed by atoms with Gasteiger partial charge in [0.2, 0.25) is 0 Å². The van der Waals surface area contributed by atoms with Crippen LogP contribution in [0.15, 0.2) is 42.5 Å². The molecule has 2 aromatic heterocycles. The third-order valence-electron chi connectivity index (χ3n) is 5.94. The normalized spacial score (nSPS) is 13.3. The topological polar surface area (TPSA) is 73.2 Å². The van der Waals surface area contributed by atoms with Crippen molar-refractivity contribution in [2.24, 2.45) is 0 Å². The molecule has 1 N–H and O–H groups in total. The van der Waals surface area contributed by atoms with Gasteiger partial charge in [0.05, 0.1) is 27.4 Å². The van der Waals surface area contributed by atoms with E-state index in [2.05, 4.69) is 4.98 Å². The van der Waals surface area contributed by atoms with E-state index >= 15 is 0 Å². The molecule has 0 saturated heterocycles. The number of aryl methyl sites for hydroxylation is 2. The van der Waals surface area contributed by atoms with Crippen LogP contribution in [0.25, 0.3) is 31.6 Å². The molecule has 4 nitrogen and oxygen atoms in total. The predicted molar refractivity (Wildman–Crippen MR) is 126 cm³/mol. The van der Waals surface area contributed by atoms with Crippen molar-refractivity contribution in [2.75, 3.05) is 0 Å². The summed E-state index contributed by atoms with van der Waals surface area (Å²) in [7, 11) is 0. The third-order valence-corrected chi connectivity index (χ3v) is 7.23. The number of hydrogen-bond donors (Lipinski definition) is 1. The SMILES string of the molecule is C1CCCCC1.Cc1c(-c2cc(C(=O)[O-])c3c(O)ccc(C)c3n2)sc2ccccc12.[Na+]. The number of phenolic OH excluding ortho intramolecular Hbond substituents is 1. The zero-order valence-corrected chi connectivity index (χ0v) is 21.7. The maximum Gasteiger partial charge on any atom is 1.00 e. The molecular formula is C26H26NNaO3S. The summed E-state index contributed by atoms with van der Waals surface area (Å²) in [5.41, 5.74) is 2.89. The molecule has 0 bridgehead atoms. The van der Waals surface area contributed by atoms with Crippen molar-refractivity contribution in [3.8, 4) is 16.3 Å². The Balaban J connectivity index is 0.000000360. The van der Waals surface area contributed by atoms with E-state index in [0.29, 0.717) is 11.2 Å². The molecule has 0 radical (unpaired) electrons. The Bertz CT molecular complexity index is 1250. The Morgan fingerprint density at radius 1 is 1.00 bits per heavy atom. The van der Waals surface area contributed by atoms with E-state index in [1.54, 1.807) is 17.4 Å². The zero-order valence-electron chi connectivity index (χ0n) is 18.9. The van der Waals surface area contributed by atoms with Gasteiger partial charge in [-0.2, -0.15) is 0 Å². The number of aromatic nitrogens is 1. The fraction of sp³-hybridized carbons (Fsp3) is 0.308. The number of carbonyl (C=O) groups is 1. The summed E-state index contributed by atoms with van der Waals surface area (Å²) in [5.74, 6) is -1.43. The van der Waals surface area contributed by atoms with E-state index in [9.17, 15) is 15.0 Å². The van der Waals surface area contributed by atoms with E-state index in [1.165, 1.54) is 50.7 Å². The summed E-state index contributed by atoms with van der Waals surface area (Å²) >= 11 is 1.58. The molecule has 1 saturated carbocycles. The first-order valence-electron chi connectivity index (χ1n) is 10.8. The fourth-order valence-electron chi connectivity index (χ4n) is 4.21. The minimum atomic E-state index is -1.33. The van der Waals surface area contributed by atoms with E-state index in [1.807, 2.05) is 38.1 Å². The van der Waals surface area contributed by atoms with Gasteiger partial charge in [-0.15, -0.1) is 11.3 Å². The number of carboxylic acid groups (broad SMARTS) is 1. The second-order valence-corrected chi connectivity index (χ2v) is 9.19. The number of hydrogen-bond acceptors (Lipinski definition) is 5. The molecule has 0 spiro atoms. The van der Waals surface area contributed by atoms with Crippen LogP contribution in [0.2, 0.25) is 0 Å². The van der Waals surface area contributed by atoms with Crippen molar-refractivity contribution in [1.82, 2.24) is 4.98 Å². The van der Waals surface area contributed by atoms with Gasteiger partial charge in [-0.05, 0) is 48.6 Å². The molecule has 0 atom stereocenters. The van der Waals surface area contributed by atoms with Crippen LogP contribution in [0.4, 0.5) is 0 Å². The van der Waals surface area contributed by atoms with Gasteiger partial charge in [-0.3, -0.25) is 0 Å². The van der Waals surface area contributed by atoms with E-state index in [0.717, 1.165) is 26.1 Å². The molecular weight excluding hydrogens is 429 g/mol. The first-order valence-corrected chi connectivity index (χ1v) is 11.6. The van der Waals surface area contributed by atoms with Crippen LogP contribution >= 0.6 is 11.3 Å². The largest absolute Gasteiger partial charge is 1.00 e. The average Bonchev–Trinajstić information content (AvgIpc) is 3.14. The summed E-state index contributed by atoms with van der Waals surface area (Å²) in [6.07, 6.45) is 9.00. The molecule has 0 amide bonds. The molecule has 1 aliphatic rings. The van der Waals surface area contributed by atoms with E-state index in [4.69, 9.17) is 0 Å².